The molecule has 3 aromatic rings. The maximum Gasteiger partial charge on any atom is 0.216 e. The largest absolute Gasteiger partial charge is 0.490 e. The van der Waals surface area contributed by atoms with Gasteiger partial charge in [0.2, 0.25) is 9.84 Å². The SMILES string of the molecule is CCOc1cc(C=C(C#N)S(=O)(=O)c2ccc(C)cc2)ccc1OCc1cccc(C)c1. The topological polar surface area (TPSA) is 76.4 Å². The van der Waals surface area contributed by atoms with Gasteiger partial charge in [0, 0.05) is 0 Å². The molecule has 0 aliphatic heterocycles. The van der Waals surface area contributed by atoms with Crippen molar-refractivity contribution in [2.45, 2.75) is 32.3 Å². The maximum absolute atomic E-state index is 12.9. The lowest BCUT2D eigenvalue weighted by atomic mass is 10.1. The van der Waals surface area contributed by atoms with Crippen LogP contribution in [-0.2, 0) is 16.4 Å². The second-order valence-electron chi connectivity index (χ2n) is 7.35. The fourth-order valence-electron chi connectivity index (χ4n) is 3.13. The fourth-order valence-corrected chi connectivity index (χ4v) is 4.29. The first-order valence-corrected chi connectivity index (χ1v) is 11.7. The summed E-state index contributed by atoms with van der Waals surface area (Å²) in [6.07, 6.45) is 1.35. The Hall–Kier alpha value is -3.56. The molecule has 0 aliphatic rings. The van der Waals surface area contributed by atoms with Crippen LogP contribution in [0.2, 0.25) is 0 Å². The first-order chi connectivity index (χ1) is 15.3. The van der Waals surface area contributed by atoms with Crippen molar-refractivity contribution in [2.75, 3.05) is 6.61 Å². The van der Waals surface area contributed by atoms with E-state index in [0.717, 1.165) is 16.7 Å². The molecule has 0 aliphatic carbocycles. The number of sulfone groups is 1. The fraction of sp³-hybridized carbons (Fsp3) is 0.192. The molecule has 0 saturated carbocycles. The van der Waals surface area contributed by atoms with E-state index in [0.29, 0.717) is 30.3 Å². The number of nitriles is 1. The molecule has 32 heavy (non-hydrogen) atoms. The molecule has 0 atom stereocenters. The van der Waals surface area contributed by atoms with Crippen molar-refractivity contribution in [3.8, 4) is 17.6 Å². The van der Waals surface area contributed by atoms with E-state index in [-0.39, 0.29) is 9.80 Å². The zero-order valence-electron chi connectivity index (χ0n) is 18.3. The molecule has 0 amide bonds. The van der Waals surface area contributed by atoms with E-state index < -0.39 is 9.84 Å². The Kier molecular flexibility index (Phi) is 7.34. The highest BCUT2D eigenvalue weighted by Gasteiger charge is 2.21. The molecule has 0 saturated heterocycles. The Bertz CT molecular complexity index is 1270. The standard InChI is InChI=1S/C26H25NO4S/c1-4-30-26-16-21(10-13-25(26)31-18-22-7-5-6-20(3)14-22)15-24(17-27)32(28,29)23-11-8-19(2)9-12-23/h5-16H,4,18H2,1-3H3. The summed E-state index contributed by atoms with van der Waals surface area (Å²) in [5, 5.41) is 9.55. The van der Waals surface area contributed by atoms with Gasteiger partial charge in [-0.25, -0.2) is 8.42 Å². The Morgan fingerprint density at radius 1 is 0.938 bits per heavy atom. The van der Waals surface area contributed by atoms with Gasteiger partial charge in [0.05, 0.1) is 11.5 Å². The van der Waals surface area contributed by atoms with Crippen LogP contribution in [0.25, 0.3) is 6.08 Å². The molecule has 0 unspecified atom stereocenters. The molecule has 3 rings (SSSR count). The minimum absolute atomic E-state index is 0.0824. The highest BCUT2D eigenvalue weighted by atomic mass is 32.2. The zero-order valence-corrected chi connectivity index (χ0v) is 19.1. The van der Waals surface area contributed by atoms with Crippen LogP contribution in [0.1, 0.15) is 29.2 Å². The van der Waals surface area contributed by atoms with Crippen molar-refractivity contribution in [3.05, 3.63) is 93.9 Å². The highest BCUT2D eigenvalue weighted by molar-refractivity contribution is 7.95. The summed E-state index contributed by atoms with van der Waals surface area (Å²) in [4.78, 5) is -0.253. The number of ether oxygens (including phenoxy) is 2. The van der Waals surface area contributed by atoms with Crippen LogP contribution in [0.15, 0.2) is 76.5 Å². The summed E-state index contributed by atoms with van der Waals surface area (Å²) in [5.41, 5.74) is 3.65. The van der Waals surface area contributed by atoms with Gasteiger partial charge in [-0.2, -0.15) is 5.26 Å². The van der Waals surface area contributed by atoms with E-state index in [1.807, 2.05) is 51.1 Å². The van der Waals surface area contributed by atoms with Gasteiger partial charge in [-0.05, 0) is 62.2 Å². The van der Waals surface area contributed by atoms with Crippen LogP contribution in [0.3, 0.4) is 0 Å². The van der Waals surface area contributed by atoms with Crippen molar-refractivity contribution in [1.82, 2.24) is 0 Å². The Labute approximate surface area is 189 Å². The van der Waals surface area contributed by atoms with Gasteiger partial charge in [-0.1, -0.05) is 53.6 Å². The summed E-state index contributed by atoms with van der Waals surface area (Å²) in [7, 11) is -3.92. The molecule has 164 valence electrons. The predicted octanol–water partition coefficient (Wildman–Crippen LogP) is 5.62. The number of nitrogens with zero attached hydrogens (tertiary/aromatic N) is 1. The second kappa shape index (κ2) is 10.2. The molecule has 3 aromatic carbocycles. The van der Waals surface area contributed by atoms with Gasteiger partial charge in [0.1, 0.15) is 17.6 Å². The third kappa shape index (κ3) is 5.57. The molecule has 0 bridgehead atoms. The number of aryl methyl sites for hydroxylation is 2. The highest BCUT2D eigenvalue weighted by Crippen LogP contribution is 2.31. The first kappa shape index (κ1) is 23.1. The number of hydrogen-bond donors (Lipinski definition) is 0. The van der Waals surface area contributed by atoms with Crippen molar-refractivity contribution in [1.29, 1.82) is 5.26 Å². The van der Waals surface area contributed by atoms with E-state index in [1.165, 1.54) is 18.2 Å². The lowest BCUT2D eigenvalue weighted by Gasteiger charge is -2.13. The van der Waals surface area contributed by atoms with Crippen LogP contribution in [0.4, 0.5) is 0 Å². The predicted molar refractivity (Wildman–Crippen MR) is 125 cm³/mol. The van der Waals surface area contributed by atoms with Gasteiger partial charge in [-0.3, -0.25) is 0 Å². The van der Waals surface area contributed by atoms with Crippen molar-refractivity contribution in [3.63, 3.8) is 0 Å². The van der Waals surface area contributed by atoms with Gasteiger partial charge in [0.25, 0.3) is 0 Å². The number of hydrogen-bond acceptors (Lipinski definition) is 5. The van der Waals surface area contributed by atoms with E-state index in [2.05, 4.69) is 0 Å². The minimum atomic E-state index is -3.92. The van der Waals surface area contributed by atoms with Crippen molar-refractivity contribution in [2.24, 2.45) is 0 Å². The van der Waals surface area contributed by atoms with Crippen molar-refractivity contribution < 1.29 is 17.9 Å². The number of rotatable bonds is 8. The van der Waals surface area contributed by atoms with E-state index in [1.54, 1.807) is 30.3 Å². The molecule has 0 aromatic heterocycles. The molecule has 6 heteroatoms. The van der Waals surface area contributed by atoms with Crippen LogP contribution in [-0.4, -0.2) is 15.0 Å². The van der Waals surface area contributed by atoms with Crippen LogP contribution >= 0.6 is 0 Å². The Balaban J connectivity index is 1.90. The summed E-state index contributed by atoms with van der Waals surface area (Å²) >= 11 is 0. The molecule has 0 N–H and O–H groups in total. The molecular weight excluding hydrogens is 422 g/mol. The quantitative estimate of drug-likeness (QED) is 0.419. The molecule has 0 spiro atoms. The summed E-state index contributed by atoms with van der Waals surface area (Å²) in [6.45, 7) is 6.54. The average Bonchev–Trinajstić information content (AvgIpc) is 2.77. The van der Waals surface area contributed by atoms with Gasteiger partial charge < -0.3 is 9.47 Å². The molecule has 0 radical (unpaired) electrons. The maximum atomic E-state index is 12.9. The minimum Gasteiger partial charge on any atom is -0.490 e. The molecular formula is C26H25NO4S. The molecule has 0 fully saturated rings. The van der Waals surface area contributed by atoms with Gasteiger partial charge >= 0.3 is 0 Å². The third-order valence-corrected chi connectivity index (χ3v) is 6.45. The Morgan fingerprint density at radius 3 is 2.34 bits per heavy atom. The lowest BCUT2D eigenvalue weighted by molar-refractivity contribution is 0.269. The van der Waals surface area contributed by atoms with E-state index in [4.69, 9.17) is 9.47 Å². The smallest absolute Gasteiger partial charge is 0.216 e. The number of allylic oxidation sites excluding steroid dienone is 1. The number of benzene rings is 3. The molecule has 5 nitrogen and oxygen atoms in total. The monoisotopic (exact) mass is 447 g/mol. The van der Waals surface area contributed by atoms with Gasteiger partial charge in [0.15, 0.2) is 11.5 Å². The average molecular weight is 448 g/mol. The third-order valence-electron chi connectivity index (χ3n) is 4.77. The summed E-state index contributed by atoms with van der Waals surface area (Å²) in [6, 6.07) is 21.4. The normalized spacial score (nSPS) is 11.6. The van der Waals surface area contributed by atoms with E-state index in [9.17, 15) is 13.7 Å². The lowest BCUT2D eigenvalue weighted by Crippen LogP contribution is -2.04. The summed E-state index contributed by atoms with van der Waals surface area (Å²) < 4.78 is 37.4. The second-order valence-corrected chi connectivity index (χ2v) is 9.27. The zero-order chi connectivity index (χ0) is 23.1. The first-order valence-electron chi connectivity index (χ1n) is 10.2. The Morgan fingerprint density at radius 2 is 1.69 bits per heavy atom. The van der Waals surface area contributed by atoms with Crippen LogP contribution in [0.5, 0.6) is 11.5 Å². The van der Waals surface area contributed by atoms with Gasteiger partial charge in [-0.15, -0.1) is 0 Å². The van der Waals surface area contributed by atoms with Crippen LogP contribution in [0, 0.1) is 25.2 Å². The van der Waals surface area contributed by atoms with Crippen molar-refractivity contribution >= 4 is 15.9 Å². The van der Waals surface area contributed by atoms with Crippen LogP contribution < -0.4 is 9.47 Å². The van der Waals surface area contributed by atoms with E-state index >= 15 is 0 Å². The summed E-state index contributed by atoms with van der Waals surface area (Å²) in [5.74, 6) is 1.03. The molecule has 0 heterocycles.